The highest BCUT2D eigenvalue weighted by molar-refractivity contribution is 5.96. The van der Waals surface area contributed by atoms with Crippen molar-refractivity contribution in [1.29, 1.82) is 0 Å². The second-order valence-electron chi connectivity index (χ2n) is 5.33. The van der Waals surface area contributed by atoms with Crippen LogP contribution in [0.25, 0.3) is 0 Å². The Balaban J connectivity index is 0.00000162. The Labute approximate surface area is 115 Å². The molecule has 2 rings (SSSR count). The quantitative estimate of drug-likeness (QED) is 0.826. The first kappa shape index (κ1) is 14.8. The number of hydrogen-bond donors (Lipinski definition) is 2. The minimum atomic E-state index is 0. The average molecular weight is 269 g/mol. The predicted molar refractivity (Wildman–Crippen MR) is 78.0 cm³/mol. The van der Waals surface area contributed by atoms with Gasteiger partial charge in [-0.2, -0.15) is 0 Å². The molecule has 1 amide bonds. The number of benzene rings is 1. The van der Waals surface area contributed by atoms with E-state index in [4.69, 9.17) is 5.73 Å². The molecule has 2 unspecified atom stereocenters. The van der Waals surface area contributed by atoms with Crippen molar-refractivity contribution in [2.45, 2.75) is 33.6 Å². The smallest absolute Gasteiger partial charge is 0.228 e. The number of halogens is 1. The molecule has 0 aromatic heterocycles. The fourth-order valence-corrected chi connectivity index (χ4v) is 2.20. The van der Waals surface area contributed by atoms with Gasteiger partial charge in [-0.05, 0) is 42.9 Å². The third kappa shape index (κ3) is 2.78. The predicted octanol–water partition coefficient (Wildman–Crippen LogP) is 3.37. The Morgan fingerprint density at radius 2 is 2.22 bits per heavy atom. The molecule has 0 aliphatic heterocycles. The molecule has 3 nitrogen and oxygen atoms in total. The molecule has 0 heterocycles. The first-order chi connectivity index (χ1) is 7.96. The summed E-state index contributed by atoms with van der Waals surface area (Å²) in [6, 6.07) is 5.59. The van der Waals surface area contributed by atoms with Crippen LogP contribution in [0, 0.1) is 18.3 Å². The van der Waals surface area contributed by atoms with E-state index in [-0.39, 0.29) is 29.6 Å². The largest absolute Gasteiger partial charge is 0.399 e. The van der Waals surface area contributed by atoms with E-state index in [1.54, 1.807) is 0 Å². The molecule has 1 saturated carbocycles. The lowest BCUT2D eigenvalue weighted by Crippen LogP contribution is -2.18. The zero-order valence-corrected chi connectivity index (χ0v) is 11.9. The topological polar surface area (TPSA) is 55.1 Å². The summed E-state index contributed by atoms with van der Waals surface area (Å²) in [5.41, 5.74) is 8.49. The summed E-state index contributed by atoms with van der Waals surface area (Å²) in [6.45, 7) is 6.28. The Hall–Kier alpha value is -1.22. The fourth-order valence-electron chi connectivity index (χ4n) is 2.20. The standard InChI is InChI=1S/C14H20N2O.ClH/c1-4-14(3)8-11(14)13(17)16-12-7-10(15)6-5-9(12)2;/h5-7,11H,4,8,15H2,1-3H3,(H,16,17);1H. The molecule has 4 heteroatoms. The van der Waals surface area contributed by atoms with Crippen molar-refractivity contribution >= 4 is 29.7 Å². The van der Waals surface area contributed by atoms with E-state index in [0.29, 0.717) is 5.69 Å². The van der Waals surface area contributed by atoms with Crippen molar-refractivity contribution in [1.82, 2.24) is 0 Å². The van der Waals surface area contributed by atoms with Crippen LogP contribution >= 0.6 is 12.4 Å². The van der Waals surface area contributed by atoms with E-state index in [0.717, 1.165) is 24.1 Å². The Morgan fingerprint density at radius 3 is 2.78 bits per heavy atom. The second kappa shape index (κ2) is 5.19. The molecular formula is C14H21ClN2O. The third-order valence-corrected chi connectivity index (χ3v) is 4.00. The van der Waals surface area contributed by atoms with Crippen molar-refractivity contribution in [2.75, 3.05) is 11.1 Å². The summed E-state index contributed by atoms with van der Waals surface area (Å²) in [7, 11) is 0. The SMILES string of the molecule is CCC1(C)CC1C(=O)Nc1cc(N)ccc1C.Cl. The molecule has 2 atom stereocenters. The fraction of sp³-hybridized carbons (Fsp3) is 0.500. The number of hydrogen-bond acceptors (Lipinski definition) is 2. The third-order valence-electron chi connectivity index (χ3n) is 4.00. The van der Waals surface area contributed by atoms with Crippen LogP contribution in [0.3, 0.4) is 0 Å². The van der Waals surface area contributed by atoms with Gasteiger partial charge in [-0.3, -0.25) is 4.79 Å². The summed E-state index contributed by atoms with van der Waals surface area (Å²) < 4.78 is 0. The molecule has 1 aromatic rings. The van der Waals surface area contributed by atoms with Crippen LogP contribution < -0.4 is 11.1 Å². The highest BCUT2D eigenvalue weighted by Crippen LogP contribution is 2.55. The first-order valence-corrected chi connectivity index (χ1v) is 6.13. The van der Waals surface area contributed by atoms with E-state index >= 15 is 0 Å². The average Bonchev–Trinajstić information content (AvgIpc) is 2.97. The summed E-state index contributed by atoms with van der Waals surface area (Å²) >= 11 is 0. The van der Waals surface area contributed by atoms with E-state index < -0.39 is 0 Å². The minimum Gasteiger partial charge on any atom is -0.399 e. The van der Waals surface area contributed by atoms with Crippen molar-refractivity contribution in [3.05, 3.63) is 23.8 Å². The Kier molecular flexibility index (Phi) is 4.28. The normalized spacial score (nSPS) is 25.2. The first-order valence-electron chi connectivity index (χ1n) is 6.13. The lowest BCUT2D eigenvalue weighted by Gasteiger charge is -2.11. The number of nitrogen functional groups attached to an aromatic ring is 1. The molecule has 1 aromatic carbocycles. The number of amides is 1. The number of nitrogens with one attached hydrogen (secondary N) is 1. The summed E-state index contributed by atoms with van der Waals surface area (Å²) in [5, 5.41) is 2.98. The Bertz CT molecular complexity index is 461. The maximum Gasteiger partial charge on any atom is 0.228 e. The molecule has 0 bridgehead atoms. The molecular weight excluding hydrogens is 248 g/mol. The van der Waals surface area contributed by atoms with Gasteiger partial charge in [0.05, 0.1) is 0 Å². The van der Waals surface area contributed by atoms with Gasteiger partial charge in [0.1, 0.15) is 0 Å². The maximum absolute atomic E-state index is 12.1. The van der Waals surface area contributed by atoms with E-state index in [1.807, 2.05) is 25.1 Å². The maximum atomic E-state index is 12.1. The van der Waals surface area contributed by atoms with Crippen LogP contribution in [-0.4, -0.2) is 5.91 Å². The van der Waals surface area contributed by atoms with Gasteiger partial charge in [0.25, 0.3) is 0 Å². The molecule has 0 radical (unpaired) electrons. The van der Waals surface area contributed by atoms with E-state index in [2.05, 4.69) is 19.2 Å². The number of aryl methyl sites for hydroxylation is 1. The van der Waals surface area contributed by atoms with Crippen LogP contribution in [0.2, 0.25) is 0 Å². The van der Waals surface area contributed by atoms with Gasteiger partial charge in [0.2, 0.25) is 5.91 Å². The summed E-state index contributed by atoms with van der Waals surface area (Å²) in [6.07, 6.45) is 2.05. The number of carbonyl (C=O) groups excluding carboxylic acids is 1. The minimum absolute atomic E-state index is 0. The second-order valence-corrected chi connectivity index (χ2v) is 5.33. The molecule has 0 saturated heterocycles. The van der Waals surface area contributed by atoms with Gasteiger partial charge in [-0.1, -0.05) is 19.9 Å². The van der Waals surface area contributed by atoms with Gasteiger partial charge in [0, 0.05) is 17.3 Å². The van der Waals surface area contributed by atoms with Crippen molar-refractivity contribution in [3.8, 4) is 0 Å². The molecule has 18 heavy (non-hydrogen) atoms. The van der Waals surface area contributed by atoms with Crippen LogP contribution in [-0.2, 0) is 4.79 Å². The molecule has 3 N–H and O–H groups in total. The lowest BCUT2D eigenvalue weighted by atomic mass is 10.0. The molecule has 1 aliphatic rings. The van der Waals surface area contributed by atoms with Crippen molar-refractivity contribution < 1.29 is 4.79 Å². The van der Waals surface area contributed by atoms with E-state index in [1.165, 1.54) is 0 Å². The van der Waals surface area contributed by atoms with Crippen LogP contribution in [0.5, 0.6) is 0 Å². The number of nitrogens with two attached hydrogens (primary N) is 1. The van der Waals surface area contributed by atoms with Crippen LogP contribution in [0.15, 0.2) is 18.2 Å². The van der Waals surface area contributed by atoms with Gasteiger partial charge >= 0.3 is 0 Å². The summed E-state index contributed by atoms with van der Waals surface area (Å²) in [4.78, 5) is 12.1. The van der Waals surface area contributed by atoms with E-state index in [9.17, 15) is 4.79 Å². The number of anilines is 2. The Morgan fingerprint density at radius 1 is 1.56 bits per heavy atom. The zero-order chi connectivity index (χ0) is 12.6. The molecule has 1 aliphatic carbocycles. The monoisotopic (exact) mass is 268 g/mol. The van der Waals surface area contributed by atoms with Gasteiger partial charge < -0.3 is 11.1 Å². The number of carbonyl (C=O) groups is 1. The molecule has 1 fully saturated rings. The van der Waals surface area contributed by atoms with Gasteiger partial charge in [-0.25, -0.2) is 0 Å². The zero-order valence-electron chi connectivity index (χ0n) is 11.1. The molecule has 100 valence electrons. The van der Waals surface area contributed by atoms with Gasteiger partial charge in [0.15, 0.2) is 0 Å². The van der Waals surface area contributed by atoms with Crippen LogP contribution in [0.1, 0.15) is 32.3 Å². The highest BCUT2D eigenvalue weighted by atomic mass is 35.5. The summed E-state index contributed by atoms with van der Waals surface area (Å²) in [5.74, 6) is 0.288. The molecule has 0 spiro atoms. The van der Waals surface area contributed by atoms with Crippen molar-refractivity contribution in [2.24, 2.45) is 11.3 Å². The number of rotatable bonds is 3. The highest BCUT2D eigenvalue weighted by Gasteiger charge is 2.52. The van der Waals surface area contributed by atoms with Gasteiger partial charge in [-0.15, -0.1) is 12.4 Å². The van der Waals surface area contributed by atoms with Crippen LogP contribution in [0.4, 0.5) is 11.4 Å². The lowest BCUT2D eigenvalue weighted by molar-refractivity contribution is -0.118. The van der Waals surface area contributed by atoms with Crippen molar-refractivity contribution in [3.63, 3.8) is 0 Å².